The number of carbonyl (C=O) groups is 2. The third-order valence-electron chi connectivity index (χ3n) is 6.45. The van der Waals surface area contributed by atoms with Crippen molar-refractivity contribution in [2.24, 2.45) is 23.7 Å². The van der Waals surface area contributed by atoms with E-state index in [0.29, 0.717) is 19.3 Å². The van der Waals surface area contributed by atoms with E-state index in [1.807, 2.05) is 19.1 Å². The Morgan fingerprint density at radius 1 is 1.33 bits per heavy atom. The zero-order valence-corrected chi connectivity index (χ0v) is 18.2. The lowest BCUT2D eigenvalue weighted by Crippen LogP contribution is -2.53. The van der Waals surface area contributed by atoms with Gasteiger partial charge in [-0.25, -0.2) is 0 Å². The second-order valence-electron chi connectivity index (χ2n) is 8.91. The highest BCUT2D eigenvalue weighted by molar-refractivity contribution is 5.72. The van der Waals surface area contributed by atoms with Crippen molar-refractivity contribution in [1.82, 2.24) is 0 Å². The minimum absolute atomic E-state index is 0.0000919. The number of unbranched alkanes of at least 4 members (excludes halogenated alkanes) is 1. The first-order valence-corrected chi connectivity index (χ1v) is 11.0. The van der Waals surface area contributed by atoms with Crippen molar-refractivity contribution in [2.45, 2.75) is 83.7 Å². The Kier molecular flexibility index (Phi) is 8.64. The van der Waals surface area contributed by atoms with E-state index in [9.17, 15) is 24.9 Å². The van der Waals surface area contributed by atoms with Gasteiger partial charge in [-0.2, -0.15) is 0 Å². The topological polar surface area (TPSA) is 124 Å². The van der Waals surface area contributed by atoms with Gasteiger partial charge in [-0.1, -0.05) is 51.8 Å². The van der Waals surface area contributed by atoms with Crippen LogP contribution in [0.15, 0.2) is 23.8 Å². The molecular formula is C23H36O7. The maximum Gasteiger partial charge on any atom is 0.311 e. The van der Waals surface area contributed by atoms with Crippen molar-refractivity contribution >= 4 is 11.9 Å². The number of allylic oxidation sites excluding steroid dienone is 2. The summed E-state index contributed by atoms with van der Waals surface area (Å²) in [4.78, 5) is 23.1. The van der Waals surface area contributed by atoms with E-state index in [-0.39, 0.29) is 30.6 Å². The molecule has 0 spiro atoms. The zero-order valence-electron chi connectivity index (χ0n) is 18.2. The normalized spacial score (nSPS) is 32.7. The predicted molar refractivity (Wildman–Crippen MR) is 111 cm³/mol. The molecule has 7 heteroatoms. The van der Waals surface area contributed by atoms with Gasteiger partial charge in [0.2, 0.25) is 5.79 Å². The Hall–Kier alpha value is -1.70. The van der Waals surface area contributed by atoms with E-state index >= 15 is 0 Å². The summed E-state index contributed by atoms with van der Waals surface area (Å²) in [7, 11) is 0. The number of carboxylic acids is 1. The lowest BCUT2D eigenvalue weighted by Gasteiger charge is -2.47. The van der Waals surface area contributed by atoms with Crippen LogP contribution in [0.2, 0.25) is 0 Å². The van der Waals surface area contributed by atoms with Crippen LogP contribution in [-0.2, 0) is 14.3 Å². The van der Waals surface area contributed by atoms with Crippen molar-refractivity contribution in [3.05, 3.63) is 23.8 Å². The van der Waals surface area contributed by atoms with Gasteiger partial charge in [0, 0.05) is 6.42 Å². The SMILES string of the molecule is CC[C@H](C)C(=O)O[C@]1(O)C[C@H](O)C=C2C=C[C@H](C)[C@H](CCCC[C@@H](O)CC(=O)O)[C@H]21. The Labute approximate surface area is 178 Å². The van der Waals surface area contributed by atoms with Crippen LogP contribution in [0.3, 0.4) is 0 Å². The summed E-state index contributed by atoms with van der Waals surface area (Å²) in [5.41, 5.74) is 0.780. The molecule has 0 aromatic rings. The van der Waals surface area contributed by atoms with E-state index in [4.69, 9.17) is 9.84 Å². The number of ether oxygens (including phenoxy) is 1. The summed E-state index contributed by atoms with van der Waals surface area (Å²) in [5, 5.41) is 40.2. The van der Waals surface area contributed by atoms with E-state index in [0.717, 1.165) is 18.4 Å². The maximum absolute atomic E-state index is 12.5. The minimum Gasteiger partial charge on any atom is -0.481 e. The average molecular weight is 425 g/mol. The number of aliphatic hydroxyl groups is 3. The van der Waals surface area contributed by atoms with Gasteiger partial charge < -0.3 is 25.2 Å². The number of aliphatic hydroxyl groups excluding tert-OH is 2. The number of fused-ring (bicyclic) bond motifs is 1. The maximum atomic E-state index is 12.5. The van der Waals surface area contributed by atoms with Gasteiger partial charge in [0.15, 0.2) is 0 Å². The summed E-state index contributed by atoms with van der Waals surface area (Å²) in [6.45, 7) is 5.69. The minimum atomic E-state index is -1.77. The molecule has 0 aliphatic heterocycles. The largest absolute Gasteiger partial charge is 0.481 e. The number of hydrogen-bond acceptors (Lipinski definition) is 6. The third kappa shape index (κ3) is 6.15. The molecule has 0 radical (unpaired) electrons. The fourth-order valence-electron chi connectivity index (χ4n) is 4.56. The molecule has 0 bridgehead atoms. The summed E-state index contributed by atoms with van der Waals surface area (Å²) in [5.74, 6) is -3.89. The highest BCUT2D eigenvalue weighted by atomic mass is 16.7. The number of esters is 1. The van der Waals surface area contributed by atoms with Crippen molar-refractivity contribution in [1.29, 1.82) is 0 Å². The first kappa shape index (κ1) is 24.6. The summed E-state index contributed by atoms with van der Waals surface area (Å²) >= 11 is 0. The van der Waals surface area contributed by atoms with Gasteiger partial charge in [0.05, 0.1) is 30.5 Å². The van der Waals surface area contributed by atoms with Crippen molar-refractivity contribution < 1.29 is 34.8 Å². The summed E-state index contributed by atoms with van der Waals surface area (Å²) < 4.78 is 5.61. The Morgan fingerprint density at radius 3 is 2.67 bits per heavy atom. The quantitative estimate of drug-likeness (QED) is 0.241. The van der Waals surface area contributed by atoms with E-state index in [2.05, 4.69) is 6.92 Å². The Morgan fingerprint density at radius 2 is 2.03 bits per heavy atom. The van der Waals surface area contributed by atoms with Crippen LogP contribution in [0.25, 0.3) is 0 Å². The van der Waals surface area contributed by atoms with Crippen LogP contribution in [0.1, 0.15) is 65.7 Å². The molecule has 7 atom stereocenters. The van der Waals surface area contributed by atoms with Gasteiger partial charge in [-0.3, -0.25) is 9.59 Å². The second kappa shape index (κ2) is 10.6. The number of hydrogen-bond donors (Lipinski definition) is 4. The number of carbonyl (C=O) groups excluding carboxylic acids is 1. The molecule has 30 heavy (non-hydrogen) atoms. The van der Waals surface area contributed by atoms with Gasteiger partial charge in [-0.05, 0) is 36.7 Å². The summed E-state index contributed by atoms with van der Waals surface area (Å²) in [6.07, 6.45) is 6.74. The molecule has 170 valence electrons. The average Bonchev–Trinajstić information content (AvgIpc) is 2.64. The molecule has 0 saturated carbocycles. The van der Waals surface area contributed by atoms with Gasteiger partial charge >= 0.3 is 11.9 Å². The Bertz CT molecular complexity index is 670. The van der Waals surface area contributed by atoms with Gasteiger partial charge in [0.1, 0.15) is 0 Å². The predicted octanol–water partition coefficient (Wildman–Crippen LogP) is 2.79. The molecule has 2 rings (SSSR count). The van der Waals surface area contributed by atoms with Crippen molar-refractivity contribution in [2.75, 3.05) is 0 Å². The molecule has 4 N–H and O–H groups in total. The molecule has 0 aromatic heterocycles. The van der Waals surface area contributed by atoms with Crippen LogP contribution < -0.4 is 0 Å². The van der Waals surface area contributed by atoms with Crippen LogP contribution >= 0.6 is 0 Å². The molecule has 7 nitrogen and oxygen atoms in total. The monoisotopic (exact) mass is 424 g/mol. The molecule has 0 heterocycles. The molecule has 2 aliphatic rings. The fourth-order valence-corrected chi connectivity index (χ4v) is 4.56. The first-order valence-electron chi connectivity index (χ1n) is 11.0. The molecule has 2 aliphatic carbocycles. The van der Waals surface area contributed by atoms with Crippen LogP contribution in [0.5, 0.6) is 0 Å². The van der Waals surface area contributed by atoms with Crippen molar-refractivity contribution in [3.63, 3.8) is 0 Å². The number of rotatable bonds is 10. The highest BCUT2D eigenvalue weighted by Gasteiger charge is 2.51. The fraction of sp³-hybridized carbons (Fsp3) is 0.739. The van der Waals surface area contributed by atoms with Crippen LogP contribution in [-0.4, -0.2) is 50.4 Å². The zero-order chi connectivity index (χ0) is 22.5. The number of carboxylic acid groups (broad SMARTS) is 1. The summed E-state index contributed by atoms with van der Waals surface area (Å²) in [6, 6.07) is 0. The highest BCUT2D eigenvalue weighted by Crippen LogP contribution is 2.48. The van der Waals surface area contributed by atoms with Crippen molar-refractivity contribution in [3.8, 4) is 0 Å². The molecule has 0 fully saturated rings. The lowest BCUT2D eigenvalue weighted by atomic mass is 9.64. The third-order valence-corrected chi connectivity index (χ3v) is 6.45. The van der Waals surface area contributed by atoms with Gasteiger partial charge in [0.25, 0.3) is 0 Å². The number of aliphatic carboxylic acids is 1. The van der Waals surface area contributed by atoms with E-state index < -0.39 is 35.9 Å². The molecular weight excluding hydrogens is 388 g/mol. The van der Waals surface area contributed by atoms with Crippen LogP contribution in [0.4, 0.5) is 0 Å². The van der Waals surface area contributed by atoms with Crippen LogP contribution in [0, 0.1) is 23.7 Å². The first-order chi connectivity index (χ1) is 14.1. The van der Waals surface area contributed by atoms with E-state index in [1.54, 1.807) is 13.0 Å². The molecule has 0 saturated heterocycles. The second-order valence-corrected chi connectivity index (χ2v) is 8.91. The van der Waals surface area contributed by atoms with Gasteiger partial charge in [-0.15, -0.1) is 0 Å². The molecule has 0 unspecified atom stereocenters. The van der Waals surface area contributed by atoms with E-state index in [1.165, 1.54) is 0 Å². The molecule has 0 amide bonds. The lowest BCUT2D eigenvalue weighted by molar-refractivity contribution is -0.250. The Balaban J connectivity index is 2.12. The standard InChI is InChI=1S/C23H36O7/c1-4-14(2)22(28)30-23(29)13-18(25)11-16-10-9-15(3)19(21(16)23)8-6-5-7-17(24)12-20(26)27/h9-11,14-15,17-19,21,24-25,29H,4-8,12-13H2,1-3H3,(H,26,27)/t14-,15-,17+,18+,19-,21-,23+/m0/s1. The smallest absolute Gasteiger partial charge is 0.311 e. The molecule has 0 aromatic carbocycles.